The highest BCUT2D eigenvalue weighted by atomic mass is 79.9. The first-order valence-electron chi connectivity index (χ1n) is 7.02. The van der Waals surface area contributed by atoms with E-state index in [2.05, 4.69) is 38.3 Å². The van der Waals surface area contributed by atoms with E-state index in [1.54, 1.807) is 0 Å². The number of carbonyl (C=O) groups is 1. The van der Waals surface area contributed by atoms with E-state index in [-0.39, 0.29) is 11.9 Å². The van der Waals surface area contributed by atoms with Crippen molar-refractivity contribution in [1.82, 2.24) is 15.1 Å². The van der Waals surface area contributed by atoms with Gasteiger partial charge in [0.1, 0.15) is 0 Å². The standard InChI is InChI=1S/C15H22BrN3O/c1-12(15(20)19-8-6-17-7-9-19)18(2)11-13-4-3-5-14(16)10-13/h3-5,10,12,17H,6-9,11H2,1-2H3. The van der Waals surface area contributed by atoms with Crippen molar-refractivity contribution in [2.75, 3.05) is 33.2 Å². The van der Waals surface area contributed by atoms with Crippen LogP contribution in [0.15, 0.2) is 28.7 Å². The van der Waals surface area contributed by atoms with Crippen LogP contribution in [0.2, 0.25) is 0 Å². The van der Waals surface area contributed by atoms with Crippen molar-refractivity contribution >= 4 is 21.8 Å². The molecule has 0 aromatic heterocycles. The third kappa shape index (κ3) is 4.04. The zero-order chi connectivity index (χ0) is 14.5. The molecule has 0 aliphatic carbocycles. The van der Waals surface area contributed by atoms with Crippen LogP contribution < -0.4 is 5.32 Å². The topological polar surface area (TPSA) is 35.6 Å². The van der Waals surface area contributed by atoms with E-state index < -0.39 is 0 Å². The minimum atomic E-state index is -0.0907. The average molecular weight is 340 g/mol. The SMILES string of the molecule is CC(C(=O)N1CCNCC1)N(C)Cc1cccc(Br)c1. The number of likely N-dealkylation sites (N-methyl/N-ethyl adjacent to an activating group) is 1. The van der Waals surface area contributed by atoms with Crippen LogP contribution in [0.5, 0.6) is 0 Å². The Morgan fingerprint density at radius 3 is 2.80 bits per heavy atom. The van der Waals surface area contributed by atoms with E-state index in [0.29, 0.717) is 0 Å². The number of carbonyl (C=O) groups excluding carboxylic acids is 1. The first-order valence-corrected chi connectivity index (χ1v) is 7.81. The van der Waals surface area contributed by atoms with Crippen molar-refractivity contribution in [2.45, 2.75) is 19.5 Å². The van der Waals surface area contributed by atoms with Crippen LogP contribution in [0.1, 0.15) is 12.5 Å². The van der Waals surface area contributed by atoms with E-state index >= 15 is 0 Å². The third-order valence-corrected chi connectivity index (χ3v) is 4.26. The zero-order valence-electron chi connectivity index (χ0n) is 12.1. The molecule has 1 amide bonds. The summed E-state index contributed by atoms with van der Waals surface area (Å²) in [6.07, 6.45) is 0. The highest BCUT2D eigenvalue weighted by molar-refractivity contribution is 9.10. The lowest BCUT2D eigenvalue weighted by molar-refractivity contribution is -0.136. The van der Waals surface area contributed by atoms with Gasteiger partial charge in [0.2, 0.25) is 5.91 Å². The van der Waals surface area contributed by atoms with Crippen molar-refractivity contribution < 1.29 is 4.79 Å². The zero-order valence-corrected chi connectivity index (χ0v) is 13.7. The van der Waals surface area contributed by atoms with Crippen LogP contribution in [0.25, 0.3) is 0 Å². The van der Waals surface area contributed by atoms with Gasteiger partial charge in [-0.2, -0.15) is 0 Å². The molecule has 0 spiro atoms. The Kier molecular flexibility index (Phi) is 5.57. The van der Waals surface area contributed by atoms with E-state index in [4.69, 9.17) is 0 Å². The number of piperazine rings is 1. The summed E-state index contributed by atoms with van der Waals surface area (Å²) in [5.41, 5.74) is 1.21. The number of amides is 1. The molecular weight excluding hydrogens is 318 g/mol. The van der Waals surface area contributed by atoms with Crippen molar-refractivity contribution in [3.63, 3.8) is 0 Å². The Balaban J connectivity index is 1.93. The van der Waals surface area contributed by atoms with Gasteiger partial charge in [0, 0.05) is 37.2 Å². The first kappa shape index (κ1) is 15.5. The van der Waals surface area contributed by atoms with Crippen molar-refractivity contribution in [1.29, 1.82) is 0 Å². The van der Waals surface area contributed by atoms with Gasteiger partial charge in [0.05, 0.1) is 6.04 Å². The second-order valence-corrected chi connectivity index (χ2v) is 6.21. The van der Waals surface area contributed by atoms with Crippen LogP contribution >= 0.6 is 15.9 Å². The second-order valence-electron chi connectivity index (χ2n) is 5.30. The predicted octanol–water partition coefficient (Wildman–Crippen LogP) is 1.70. The van der Waals surface area contributed by atoms with Crippen LogP contribution in [0.4, 0.5) is 0 Å². The Morgan fingerprint density at radius 2 is 2.15 bits per heavy atom. The number of nitrogens with zero attached hydrogens (tertiary/aromatic N) is 2. The fourth-order valence-electron chi connectivity index (χ4n) is 2.40. The molecule has 4 nitrogen and oxygen atoms in total. The summed E-state index contributed by atoms with van der Waals surface area (Å²) < 4.78 is 1.07. The molecule has 1 heterocycles. The molecule has 1 atom stereocenters. The molecule has 0 saturated carbocycles. The van der Waals surface area contributed by atoms with E-state index in [1.165, 1.54) is 5.56 Å². The summed E-state index contributed by atoms with van der Waals surface area (Å²) in [6.45, 7) is 6.18. The lowest BCUT2D eigenvalue weighted by atomic mass is 10.1. The van der Waals surface area contributed by atoms with E-state index in [9.17, 15) is 4.79 Å². The molecule has 2 rings (SSSR count). The van der Waals surface area contributed by atoms with Crippen LogP contribution in [-0.4, -0.2) is 55.0 Å². The second kappa shape index (κ2) is 7.20. The molecule has 1 N–H and O–H groups in total. The lowest BCUT2D eigenvalue weighted by Crippen LogP contribution is -2.52. The number of halogens is 1. The maximum atomic E-state index is 12.4. The molecule has 1 aromatic carbocycles. The maximum Gasteiger partial charge on any atom is 0.239 e. The predicted molar refractivity (Wildman–Crippen MR) is 84.5 cm³/mol. The summed E-state index contributed by atoms with van der Waals surface area (Å²) in [5.74, 6) is 0.226. The fourth-order valence-corrected chi connectivity index (χ4v) is 2.84. The smallest absolute Gasteiger partial charge is 0.239 e. The van der Waals surface area contributed by atoms with Crippen LogP contribution in [0.3, 0.4) is 0 Å². The molecule has 0 bridgehead atoms. The number of benzene rings is 1. The Morgan fingerprint density at radius 1 is 1.45 bits per heavy atom. The minimum absolute atomic E-state index is 0.0907. The fraction of sp³-hybridized carbons (Fsp3) is 0.533. The number of rotatable bonds is 4. The van der Waals surface area contributed by atoms with Crippen LogP contribution in [-0.2, 0) is 11.3 Å². The highest BCUT2D eigenvalue weighted by Crippen LogP contribution is 2.14. The van der Waals surface area contributed by atoms with Gasteiger partial charge in [-0.25, -0.2) is 0 Å². The molecule has 110 valence electrons. The summed E-state index contributed by atoms with van der Waals surface area (Å²) in [4.78, 5) is 16.5. The Bertz CT molecular complexity index is 460. The largest absolute Gasteiger partial charge is 0.339 e. The normalized spacial score (nSPS) is 17.3. The van der Waals surface area contributed by atoms with Gasteiger partial charge >= 0.3 is 0 Å². The maximum absolute atomic E-state index is 12.4. The number of hydrogen-bond acceptors (Lipinski definition) is 3. The average Bonchev–Trinajstić information content (AvgIpc) is 2.46. The van der Waals surface area contributed by atoms with Gasteiger partial charge in [-0.15, -0.1) is 0 Å². The summed E-state index contributed by atoms with van der Waals surface area (Å²) in [6, 6.07) is 8.13. The molecule has 1 fully saturated rings. The molecular formula is C15H22BrN3O. The van der Waals surface area contributed by atoms with Crippen LogP contribution in [0, 0.1) is 0 Å². The molecule has 20 heavy (non-hydrogen) atoms. The summed E-state index contributed by atoms with van der Waals surface area (Å²) in [5, 5.41) is 3.27. The van der Waals surface area contributed by atoms with Crippen molar-refractivity contribution in [2.24, 2.45) is 0 Å². The molecule has 5 heteroatoms. The van der Waals surface area contributed by atoms with Crippen molar-refractivity contribution in [3.05, 3.63) is 34.3 Å². The van der Waals surface area contributed by atoms with Gasteiger partial charge in [-0.3, -0.25) is 9.69 Å². The molecule has 0 radical (unpaired) electrons. The molecule has 1 aliphatic heterocycles. The highest BCUT2D eigenvalue weighted by Gasteiger charge is 2.24. The molecule has 1 aliphatic rings. The Hall–Kier alpha value is -0.910. The molecule has 1 unspecified atom stereocenters. The van der Waals surface area contributed by atoms with E-state index in [1.807, 2.05) is 31.0 Å². The quantitative estimate of drug-likeness (QED) is 0.906. The lowest BCUT2D eigenvalue weighted by Gasteiger charge is -2.33. The molecule has 1 aromatic rings. The van der Waals surface area contributed by atoms with Gasteiger partial charge in [0.25, 0.3) is 0 Å². The first-order chi connectivity index (χ1) is 9.58. The van der Waals surface area contributed by atoms with Gasteiger partial charge in [-0.05, 0) is 31.7 Å². The molecule has 1 saturated heterocycles. The van der Waals surface area contributed by atoms with Crippen molar-refractivity contribution in [3.8, 4) is 0 Å². The summed E-state index contributed by atoms with van der Waals surface area (Å²) in [7, 11) is 2.01. The third-order valence-electron chi connectivity index (χ3n) is 3.77. The van der Waals surface area contributed by atoms with Gasteiger partial charge in [0.15, 0.2) is 0 Å². The van der Waals surface area contributed by atoms with E-state index in [0.717, 1.165) is 37.2 Å². The minimum Gasteiger partial charge on any atom is -0.339 e. The number of hydrogen-bond donors (Lipinski definition) is 1. The monoisotopic (exact) mass is 339 g/mol. The Labute approximate surface area is 129 Å². The summed E-state index contributed by atoms with van der Waals surface area (Å²) >= 11 is 3.48. The number of nitrogens with one attached hydrogen (secondary N) is 1. The van der Waals surface area contributed by atoms with Gasteiger partial charge < -0.3 is 10.2 Å². The van der Waals surface area contributed by atoms with Gasteiger partial charge in [-0.1, -0.05) is 28.1 Å².